The van der Waals surface area contributed by atoms with Gasteiger partial charge >= 0.3 is 0 Å². The molecule has 0 aliphatic rings. The predicted octanol–water partition coefficient (Wildman–Crippen LogP) is 2.71. The van der Waals surface area contributed by atoms with Crippen LogP contribution in [0.2, 0.25) is 5.02 Å². The van der Waals surface area contributed by atoms with E-state index in [9.17, 15) is 9.18 Å². The number of benzene rings is 2. The zero-order valence-electron chi connectivity index (χ0n) is 14.7. The minimum atomic E-state index is -0.947. The number of ether oxygens (including phenoxy) is 1. The quantitative estimate of drug-likeness (QED) is 0.578. The number of halogens is 3. The Morgan fingerprint density at radius 2 is 2.04 bits per heavy atom. The summed E-state index contributed by atoms with van der Waals surface area (Å²) >= 11 is 6.29. The summed E-state index contributed by atoms with van der Waals surface area (Å²) in [4.78, 5) is 19.5. The van der Waals surface area contributed by atoms with Gasteiger partial charge in [0.25, 0.3) is 5.91 Å². The van der Waals surface area contributed by atoms with Crippen LogP contribution in [0.5, 0.6) is 5.75 Å². The van der Waals surface area contributed by atoms with E-state index in [1.54, 1.807) is 0 Å². The molecule has 0 aliphatic carbocycles. The van der Waals surface area contributed by atoms with Crippen molar-refractivity contribution in [3.8, 4) is 16.9 Å². The second kappa shape index (κ2) is 7.91. The van der Waals surface area contributed by atoms with Gasteiger partial charge in [-0.2, -0.15) is 0 Å². The van der Waals surface area contributed by atoms with Crippen LogP contribution in [0.3, 0.4) is 0 Å². The lowest BCUT2D eigenvalue weighted by molar-refractivity contribution is 0.0991. The van der Waals surface area contributed by atoms with E-state index in [2.05, 4.69) is 15.3 Å². The maximum Gasteiger partial charge on any atom is 0.286 e. The minimum Gasteiger partial charge on any atom is -0.496 e. The zero-order chi connectivity index (χ0) is 20.4. The van der Waals surface area contributed by atoms with Crippen LogP contribution in [0.4, 0.5) is 14.6 Å². The number of hydrogen-bond acceptors (Lipinski definition) is 6. The van der Waals surface area contributed by atoms with E-state index in [-0.39, 0.29) is 45.2 Å². The van der Waals surface area contributed by atoms with E-state index in [4.69, 9.17) is 27.8 Å². The molecule has 146 valence electrons. The number of nitrogens with one attached hydrogen (secondary N) is 1. The highest BCUT2D eigenvalue weighted by molar-refractivity contribution is 6.34. The smallest absolute Gasteiger partial charge is 0.286 e. The van der Waals surface area contributed by atoms with E-state index >= 15 is 4.39 Å². The molecular weight excluding hydrogens is 392 g/mol. The average Bonchev–Trinajstić information content (AvgIpc) is 2.67. The lowest BCUT2D eigenvalue weighted by Gasteiger charge is -2.15. The molecule has 0 aliphatic heterocycles. The Morgan fingerprint density at radius 3 is 2.68 bits per heavy atom. The molecule has 2 aromatic carbocycles. The summed E-state index contributed by atoms with van der Waals surface area (Å²) in [6, 6.07) is 5.43. The van der Waals surface area contributed by atoms with Crippen molar-refractivity contribution in [2.45, 2.75) is 0 Å². The fourth-order valence-corrected chi connectivity index (χ4v) is 3.06. The fraction of sp³-hybridized carbons (Fsp3) is 0.167. The first kappa shape index (κ1) is 19.7. The van der Waals surface area contributed by atoms with Crippen molar-refractivity contribution in [1.82, 2.24) is 9.97 Å². The number of aromatic nitrogens is 2. The third-order valence-electron chi connectivity index (χ3n) is 3.99. The largest absolute Gasteiger partial charge is 0.496 e. The number of primary amides is 1. The molecule has 0 fully saturated rings. The van der Waals surface area contributed by atoms with Crippen LogP contribution < -0.4 is 21.5 Å². The molecule has 0 saturated carbocycles. The van der Waals surface area contributed by atoms with Gasteiger partial charge in [0.05, 0.1) is 17.7 Å². The van der Waals surface area contributed by atoms with Crippen molar-refractivity contribution in [3.05, 3.63) is 46.7 Å². The molecule has 0 unspecified atom stereocenters. The first-order valence-electron chi connectivity index (χ1n) is 8.15. The highest BCUT2D eigenvalue weighted by Crippen LogP contribution is 2.42. The Labute approximate surface area is 163 Å². The van der Waals surface area contributed by atoms with Crippen LogP contribution in [-0.2, 0) is 0 Å². The summed E-state index contributed by atoms with van der Waals surface area (Å²) in [5.74, 6) is -2.79. The highest BCUT2D eigenvalue weighted by Gasteiger charge is 2.24. The standard InChI is InChI=1S/C18H16ClF2N5O2/c1-28-11-4-2-3-10(20)13(11)12-9(19)7-8-15(14(12)21)25-18(16(23)27)26-17(8)24-6-5-22/h2-4,7H,5-6,22H2,1H3,(H2,23,27)(H,24,25,26). The van der Waals surface area contributed by atoms with Gasteiger partial charge in [-0.1, -0.05) is 17.7 Å². The van der Waals surface area contributed by atoms with Gasteiger partial charge in [-0.05, 0) is 18.2 Å². The monoisotopic (exact) mass is 407 g/mol. The Morgan fingerprint density at radius 1 is 1.29 bits per heavy atom. The van der Waals surface area contributed by atoms with Crippen LogP contribution in [0.25, 0.3) is 22.0 Å². The van der Waals surface area contributed by atoms with Gasteiger partial charge in [-0.15, -0.1) is 0 Å². The van der Waals surface area contributed by atoms with Crippen LogP contribution in [0.1, 0.15) is 10.6 Å². The Balaban J connectivity index is 2.38. The minimum absolute atomic E-state index is 0.0837. The lowest BCUT2D eigenvalue weighted by Crippen LogP contribution is -2.19. The maximum absolute atomic E-state index is 15.5. The van der Waals surface area contributed by atoms with Crippen molar-refractivity contribution in [2.75, 3.05) is 25.5 Å². The molecule has 5 N–H and O–H groups in total. The van der Waals surface area contributed by atoms with Gasteiger partial charge in [-0.25, -0.2) is 18.7 Å². The predicted molar refractivity (Wildman–Crippen MR) is 103 cm³/mol. The fourth-order valence-electron chi connectivity index (χ4n) is 2.78. The van der Waals surface area contributed by atoms with Gasteiger partial charge in [0.1, 0.15) is 22.9 Å². The van der Waals surface area contributed by atoms with Crippen LogP contribution >= 0.6 is 11.6 Å². The Kier molecular flexibility index (Phi) is 5.57. The first-order valence-corrected chi connectivity index (χ1v) is 8.53. The van der Waals surface area contributed by atoms with Gasteiger partial charge < -0.3 is 21.5 Å². The second-order valence-corrected chi connectivity index (χ2v) is 6.14. The highest BCUT2D eigenvalue weighted by atomic mass is 35.5. The average molecular weight is 408 g/mol. The van der Waals surface area contributed by atoms with Gasteiger partial charge in [-0.3, -0.25) is 4.79 Å². The number of carbonyl (C=O) groups excluding carboxylic acids is 1. The normalized spacial score (nSPS) is 10.9. The third kappa shape index (κ3) is 3.41. The molecule has 0 radical (unpaired) electrons. The van der Waals surface area contributed by atoms with Crippen molar-refractivity contribution in [3.63, 3.8) is 0 Å². The number of nitrogens with two attached hydrogens (primary N) is 2. The molecule has 3 aromatic rings. The maximum atomic E-state index is 15.5. The van der Waals surface area contributed by atoms with Gasteiger partial charge in [0.15, 0.2) is 5.82 Å². The SMILES string of the molecule is COc1cccc(F)c1-c1c(Cl)cc2c(NCCN)nc(C(N)=O)nc2c1F. The number of rotatable bonds is 6. The van der Waals surface area contributed by atoms with Crippen LogP contribution in [0, 0.1) is 11.6 Å². The summed E-state index contributed by atoms with van der Waals surface area (Å²) in [5.41, 5.74) is 10.1. The number of anilines is 1. The van der Waals surface area contributed by atoms with Gasteiger partial charge in [0.2, 0.25) is 5.82 Å². The first-order chi connectivity index (χ1) is 13.4. The molecule has 0 atom stereocenters. The summed E-state index contributed by atoms with van der Waals surface area (Å²) in [7, 11) is 1.33. The second-order valence-electron chi connectivity index (χ2n) is 5.74. The molecule has 0 saturated heterocycles. The van der Waals surface area contributed by atoms with E-state index in [0.29, 0.717) is 6.54 Å². The summed E-state index contributed by atoms with van der Waals surface area (Å²) in [5, 5.41) is 2.98. The topological polar surface area (TPSA) is 116 Å². The molecule has 7 nitrogen and oxygen atoms in total. The number of carbonyl (C=O) groups is 1. The molecule has 0 spiro atoms. The summed E-state index contributed by atoms with van der Waals surface area (Å²) < 4.78 is 35.1. The molecule has 1 amide bonds. The lowest BCUT2D eigenvalue weighted by atomic mass is 10.0. The number of nitrogens with zero attached hydrogens (tertiary/aromatic N) is 2. The summed E-state index contributed by atoms with van der Waals surface area (Å²) in [6.45, 7) is 0.560. The van der Waals surface area contributed by atoms with Crippen molar-refractivity contribution >= 4 is 34.2 Å². The molecule has 0 bridgehead atoms. The Bertz CT molecular complexity index is 1080. The molecule has 3 rings (SSSR count). The van der Waals surface area contributed by atoms with Crippen molar-refractivity contribution in [2.24, 2.45) is 11.5 Å². The zero-order valence-corrected chi connectivity index (χ0v) is 15.5. The third-order valence-corrected chi connectivity index (χ3v) is 4.28. The number of amides is 1. The van der Waals surface area contributed by atoms with Crippen LogP contribution in [0.15, 0.2) is 24.3 Å². The number of methoxy groups -OCH3 is 1. The van der Waals surface area contributed by atoms with Crippen LogP contribution in [-0.4, -0.2) is 36.1 Å². The van der Waals surface area contributed by atoms with Gasteiger partial charge in [0, 0.05) is 24.0 Å². The molecule has 10 heteroatoms. The number of hydrogen-bond donors (Lipinski definition) is 3. The van der Waals surface area contributed by atoms with E-state index in [1.807, 2.05) is 0 Å². The Hall–Kier alpha value is -3.04. The molecule has 28 heavy (non-hydrogen) atoms. The van der Waals surface area contributed by atoms with Crippen molar-refractivity contribution < 1.29 is 18.3 Å². The van der Waals surface area contributed by atoms with E-state index < -0.39 is 23.4 Å². The van der Waals surface area contributed by atoms with E-state index in [1.165, 1.54) is 25.3 Å². The molecule has 1 aromatic heterocycles. The molecule has 1 heterocycles. The van der Waals surface area contributed by atoms with Crippen molar-refractivity contribution in [1.29, 1.82) is 0 Å². The molecular formula is C18H16ClF2N5O2. The summed E-state index contributed by atoms with van der Waals surface area (Å²) in [6.07, 6.45) is 0. The van der Waals surface area contributed by atoms with E-state index in [0.717, 1.165) is 6.07 Å². The number of fused-ring (bicyclic) bond motifs is 1.